The summed E-state index contributed by atoms with van der Waals surface area (Å²) < 4.78 is 0. The fraction of sp³-hybridized carbons (Fsp3) is 1.00. The third-order valence-corrected chi connectivity index (χ3v) is 3.12. The third kappa shape index (κ3) is 1.72. The summed E-state index contributed by atoms with van der Waals surface area (Å²) in [6.45, 7) is 4.29. The Morgan fingerprint density at radius 3 is 2.31 bits per heavy atom. The number of hydrogen-bond acceptors (Lipinski definition) is 4. The maximum Gasteiger partial charge on any atom is 0.150 e. The van der Waals surface area contributed by atoms with Gasteiger partial charge in [0, 0.05) is 13.1 Å². The molecule has 0 bridgehead atoms. The van der Waals surface area contributed by atoms with Crippen LogP contribution in [0, 0.1) is 0 Å². The molecule has 1 rings (SSSR count). The van der Waals surface area contributed by atoms with Gasteiger partial charge in [0.15, 0.2) is 0 Å². The first kappa shape index (κ1) is 10.9. The number of hydroxylamine groups is 2. The van der Waals surface area contributed by atoms with Crippen LogP contribution < -0.4 is 0 Å². The van der Waals surface area contributed by atoms with E-state index >= 15 is 0 Å². The van der Waals surface area contributed by atoms with Gasteiger partial charge in [0.05, 0.1) is 7.11 Å². The van der Waals surface area contributed by atoms with Crippen LogP contribution in [0.2, 0.25) is 0 Å². The SMILES string of the molecule is CON1CCCN(C)C1(C)N(C)C. The van der Waals surface area contributed by atoms with Crippen molar-refractivity contribution in [1.82, 2.24) is 14.9 Å². The monoisotopic (exact) mass is 187 g/mol. The average molecular weight is 187 g/mol. The standard InChI is InChI=1S/C9H21N3O/c1-9(10(2)3)11(4)7-6-8-12(9)13-5/h6-8H2,1-5H3. The van der Waals surface area contributed by atoms with E-state index in [-0.39, 0.29) is 5.79 Å². The quantitative estimate of drug-likeness (QED) is 0.623. The van der Waals surface area contributed by atoms with E-state index in [4.69, 9.17) is 4.84 Å². The van der Waals surface area contributed by atoms with Gasteiger partial charge in [0.1, 0.15) is 5.79 Å². The molecule has 1 aliphatic rings. The zero-order valence-corrected chi connectivity index (χ0v) is 9.37. The van der Waals surface area contributed by atoms with Crippen LogP contribution in [0.5, 0.6) is 0 Å². The van der Waals surface area contributed by atoms with Crippen molar-refractivity contribution >= 4 is 0 Å². The van der Waals surface area contributed by atoms with Gasteiger partial charge < -0.3 is 0 Å². The van der Waals surface area contributed by atoms with Crippen molar-refractivity contribution in [2.75, 3.05) is 41.3 Å². The van der Waals surface area contributed by atoms with Crippen LogP contribution in [0.15, 0.2) is 0 Å². The van der Waals surface area contributed by atoms with Gasteiger partial charge in [-0.3, -0.25) is 14.6 Å². The molecular formula is C9H21N3O. The zero-order valence-electron chi connectivity index (χ0n) is 9.37. The Bertz CT molecular complexity index is 174. The molecule has 0 aromatic rings. The van der Waals surface area contributed by atoms with Crippen molar-refractivity contribution in [1.29, 1.82) is 0 Å². The van der Waals surface area contributed by atoms with Crippen LogP contribution in [-0.2, 0) is 4.84 Å². The van der Waals surface area contributed by atoms with E-state index in [1.165, 1.54) is 0 Å². The highest BCUT2D eigenvalue weighted by Crippen LogP contribution is 2.25. The molecule has 4 nitrogen and oxygen atoms in total. The van der Waals surface area contributed by atoms with Gasteiger partial charge >= 0.3 is 0 Å². The van der Waals surface area contributed by atoms with Crippen molar-refractivity contribution in [3.8, 4) is 0 Å². The molecule has 0 radical (unpaired) electrons. The Morgan fingerprint density at radius 2 is 1.92 bits per heavy atom. The minimum absolute atomic E-state index is 0.118. The Labute approximate surface area is 81.0 Å². The van der Waals surface area contributed by atoms with Crippen molar-refractivity contribution in [2.24, 2.45) is 0 Å². The lowest BCUT2D eigenvalue weighted by Gasteiger charge is -2.52. The van der Waals surface area contributed by atoms with Crippen LogP contribution in [0.4, 0.5) is 0 Å². The molecule has 1 atom stereocenters. The summed E-state index contributed by atoms with van der Waals surface area (Å²) in [6.07, 6.45) is 1.16. The molecule has 4 heteroatoms. The lowest BCUT2D eigenvalue weighted by molar-refractivity contribution is -0.301. The lowest BCUT2D eigenvalue weighted by atomic mass is 10.2. The minimum atomic E-state index is -0.118. The second-order valence-corrected chi connectivity index (χ2v) is 3.93. The maximum atomic E-state index is 5.39. The van der Waals surface area contributed by atoms with E-state index in [1.54, 1.807) is 7.11 Å². The Hall–Kier alpha value is -0.160. The first-order valence-electron chi connectivity index (χ1n) is 4.74. The first-order valence-corrected chi connectivity index (χ1v) is 4.74. The predicted octanol–water partition coefficient (Wildman–Crippen LogP) is 0.421. The summed E-state index contributed by atoms with van der Waals surface area (Å²) in [7, 11) is 8.02. The van der Waals surface area contributed by atoms with Crippen molar-refractivity contribution in [3.63, 3.8) is 0 Å². The van der Waals surface area contributed by atoms with Crippen molar-refractivity contribution in [3.05, 3.63) is 0 Å². The fourth-order valence-electron chi connectivity index (χ4n) is 1.89. The van der Waals surface area contributed by atoms with Gasteiger partial charge in [-0.15, -0.1) is 0 Å². The number of rotatable bonds is 2. The highest BCUT2D eigenvalue weighted by atomic mass is 16.7. The topological polar surface area (TPSA) is 19.0 Å². The molecule has 0 aliphatic carbocycles. The molecule has 0 spiro atoms. The maximum absolute atomic E-state index is 5.39. The summed E-state index contributed by atoms with van der Waals surface area (Å²) in [6, 6.07) is 0. The molecule has 1 saturated heterocycles. The van der Waals surface area contributed by atoms with E-state index in [0.29, 0.717) is 0 Å². The summed E-state index contributed by atoms with van der Waals surface area (Å²) in [5.41, 5.74) is 0. The van der Waals surface area contributed by atoms with Gasteiger partial charge in [-0.05, 0) is 34.5 Å². The van der Waals surface area contributed by atoms with Crippen LogP contribution in [0.25, 0.3) is 0 Å². The molecule has 1 fully saturated rings. The van der Waals surface area contributed by atoms with E-state index in [2.05, 4.69) is 37.9 Å². The Balaban J connectivity index is 2.83. The van der Waals surface area contributed by atoms with Crippen molar-refractivity contribution < 1.29 is 4.84 Å². The molecule has 0 amide bonds. The van der Waals surface area contributed by atoms with Gasteiger partial charge in [-0.2, -0.15) is 5.06 Å². The lowest BCUT2D eigenvalue weighted by Crippen LogP contribution is -2.67. The van der Waals surface area contributed by atoms with Gasteiger partial charge in [-0.25, -0.2) is 0 Å². The van der Waals surface area contributed by atoms with Gasteiger partial charge in [-0.1, -0.05) is 0 Å². The molecule has 78 valence electrons. The molecule has 13 heavy (non-hydrogen) atoms. The fourth-order valence-corrected chi connectivity index (χ4v) is 1.89. The van der Waals surface area contributed by atoms with E-state index in [9.17, 15) is 0 Å². The molecule has 1 heterocycles. The van der Waals surface area contributed by atoms with E-state index in [0.717, 1.165) is 19.5 Å². The van der Waals surface area contributed by atoms with E-state index in [1.807, 2.05) is 5.06 Å². The Morgan fingerprint density at radius 1 is 1.31 bits per heavy atom. The minimum Gasteiger partial charge on any atom is -0.299 e. The van der Waals surface area contributed by atoms with Crippen LogP contribution in [0.1, 0.15) is 13.3 Å². The second-order valence-electron chi connectivity index (χ2n) is 3.93. The highest BCUT2D eigenvalue weighted by molar-refractivity contribution is 4.82. The Kier molecular flexibility index (Phi) is 3.29. The second kappa shape index (κ2) is 3.92. The number of hydrogen-bond donors (Lipinski definition) is 0. The molecule has 1 aliphatic heterocycles. The highest BCUT2D eigenvalue weighted by Gasteiger charge is 2.41. The van der Waals surface area contributed by atoms with Gasteiger partial charge in [0.2, 0.25) is 0 Å². The normalized spacial score (nSPS) is 32.8. The van der Waals surface area contributed by atoms with Crippen LogP contribution in [-0.4, -0.2) is 62.0 Å². The largest absolute Gasteiger partial charge is 0.299 e. The third-order valence-electron chi connectivity index (χ3n) is 3.12. The summed E-state index contributed by atoms with van der Waals surface area (Å²) in [5.74, 6) is -0.118. The smallest absolute Gasteiger partial charge is 0.150 e. The van der Waals surface area contributed by atoms with Crippen molar-refractivity contribution in [2.45, 2.75) is 19.1 Å². The zero-order chi connectivity index (χ0) is 10.1. The summed E-state index contributed by atoms with van der Waals surface area (Å²) in [4.78, 5) is 9.87. The molecular weight excluding hydrogens is 166 g/mol. The van der Waals surface area contributed by atoms with Gasteiger partial charge in [0.25, 0.3) is 0 Å². The predicted molar refractivity (Wildman–Crippen MR) is 53.1 cm³/mol. The summed E-state index contributed by atoms with van der Waals surface area (Å²) in [5, 5.41) is 2.02. The molecule has 0 N–H and O–H groups in total. The molecule has 0 saturated carbocycles. The average Bonchev–Trinajstić information content (AvgIpc) is 2.09. The van der Waals surface area contributed by atoms with Crippen LogP contribution >= 0.6 is 0 Å². The van der Waals surface area contributed by atoms with E-state index < -0.39 is 0 Å². The first-order chi connectivity index (χ1) is 6.03. The molecule has 0 aromatic heterocycles. The molecule has 0 aromatic carbocycles. The summed E-state index contributed by atoms with van der Waals surface area (Å²) >= 11 is 0. The number of nitrogens with zero attached hydrogens (tertiary/aromatic N) is 3. The van der Waals surface area contributed by atoms with Crippen LogP contribution in [0.3, 0.4) is 0 Å². The molecule has 1 unspecified atom stereocenters.